The van der Waals surface area contributed by atoms with Crippen molar-refractivity contribution in [3.8, 4) is 0 Å². The zero-order valence-electron chi connectivity index (χ0n) is 11.3. The molecular formula is C14H24N4. The van der Waals surface area contributed by atoms with Gasteiger partial charge in [0.2, 0.25) is 0 Å². The third-order valence-corrected chi connectivity index (χ3v) is 4.50. The molecule has 4 nitrogen and oxygen atoms in total. The van der Waals surface area contributed by atoms with Crippen molar-refractivity contribution < 1.29 is 0 Å². The van der Waals surface area contributed by atoms with Crippen LogP contribution in [-0.4, -0.2) is 34.6 Å². The molecule has 0 radical (unpaired) electrons. The Morgan fingerprint density at radius 1 is 1.44 bits per heavy atom. The highest BCUT2D eigenvalue weighted by Crippen LogP contribution is 2.38. The second-order valence-corrected chi connectivity index (χ2v) is 5.94. The molecule has 2 aliphatic rings. The lowest BCUT2D eigenvalue weighted by molar-refractivity contribution is 0.160. The molecule has 2 aliphatic carbocycles. The van der Waals surface area contributed by atoms with Gasteiger partial charge in [0, 0.05) is 25.3 Å². The van der Waals surface area contributed by atoms with Gasteiger partial charge >= 0.3 is 0 Å². The largest absolute Gasteiger partial charge is 0.330 e. The highest BCUT2D eigenvalue weighted by molar-refractivity contribution is 5.10. The van der Waals surface area contributed by atoms with Crippen molar-refractivity contribution in [3.63, 3.8) is 0 Å². The smallest absolute Gasteiger partial charge is 0.0951 e. The Morgan fingerprint density at radius 3 is 2.78 bits per heavy atom. The van der Waals surface area contributed by atoms with E-state index in [2.05, 4.69) is 21.5 Å². The topological polar surface area (TPSA) is 47.1 Å². The van der Waals surface area contributed by atoms with Gasteiger partial charge in [0.1, 0.15) is 0 Å². The summed E-state index contributed by atoms with van der Waals surface area (Å²) in [6.45, 7) is 1.86. The zero-order valence-corrected chi connectivity index (χ0v) is 11.3. The monoisotopic (exact) mass is 248 g/mol. The first-order valence-electron chi connectivity index (χ1n) is 7.21. The van der Waals surface area contributed by atoms with Crippen LogP contribution in [0.1, 0.15) is 49.9 Å². The van der Waals surface area contributed by atoms with Crippen LogP contribution in [0.2, 0.25) is 0 Å². The number of imidazole rings is 1. The molecule has 2 N–H and O–H groups in total. The third-order valence-electron chi connectivity index (χ3n) is 4.50. The molecule has 3 rings (SSSR count). The molecule has 0 aliphatic heterocycles. The van der Waals surface area contributed by atoms with E-state index in [9.17, 15) is 0 Å². The first-order chi connectivity index (χ1) is 8.79. The van der Waals surface area contributed by atoms with Crippen LogP contribution in [0, 0.1) is 5.92 Å². The number of aromatic nitrogens is 2. The minimum absolute atomic E-state index is 0.327. The van der Waals surface area contributed by atoms with Gasteiger partial charge in [-0.05, 0) is 38.6 Å². The van der Waals surface area contributed by atoms with Crippen LogP contribution >= 0.6 is 0 Å². The molecule has 1 heterocycles. The lowest BCUT2D eigenvalue weighted by atomic mass is 9.85. The number of rotatable bonds is 6. The average Bonchev–Trinajstić information content (AvgIpc) is 3.05. The number of hydrogen-bond acceptors (Lipinski definition) is 3. The number of nitrogens with two attached hydrogens (primary N) is 1. The summed E-state index contributed by atoms with van der Waals surface area (Å²) in [4.78, 5) is 6.76. The summed E-state index contributed by atoms with van der Waals surface area (Å²) in [5, 5.41) is 0. The van der Waals surface area contributed by atoms with Gasteiger partial charge in [-0.25, -0.2) is 4.98 Å². The highest BCUT2D eigenvalue weighted by atomic mass is 15.2. The second kappa shape index (κ2) is 5.02. The fourth-order valence-electron chi connectivity index (χ4n) is 2.97. The SMILES string of the molecule is CN(CC1CCC1)C(CN)c1cncn1C1CC1. The molecule has 2 saturated carbocycles. The maximum Gasteiger partial charge on any atom is 0.0951 e. The number of likely N-dealkylation sites (N-methyl/N-ethyl adjacent to an activating group) is 1. The maximum atomic E-state index is 6.01. The van der Waals surface area contributed by atoms with Crippen LogP contribution in [0.3, 0.4) is 0 Å². The van der Waals surface area contributed by atoms with Crippen LogP contribution in [0.4, 0.5) is 0 Å². The Morgan fingerprint density at radius 2 is 2.22 bits per heavy atom. The average molecular weight is 248 g/mol. The van der Waals surface area contributed by atoms with Crippen LogP contribution in [-0.2, 0) is 0 Å². The zero-order chi connectivity index (χ0) is 12.5. The Labute approximate surface area is 109 Å². The highest BCUT2D eigenvalue weighted by Gasteiger charge is 2.30. The number of nitrogens with zero attached hydrogens (tertiary/aromatic N) is 3. The predicted octanol–water partition coefficient (Wildman–Crippen LogP) is 1.95. The quantitative estimate of drug-likeness (QED) is 0.837. The molecule has 2 fully saturated rings. The fourth-order valence-corrected chi connectivity index (χ4v) is 2.97. The van der Waals surface area contributed by atoms with Crippen LogP contribution in [0.25, 0.3) is 0 Å². The van der Waals surface area contributed by atoms with Gasteiger partial charge in [-0.15, -0.1) is 0 Å². The van der Waals surface area contributed by atoms with Crippen LogP contribution < -0.4 is 5.73 Å². The van der Waals surface area contributed by atoms with Crippen molar-refractivity contribution in [1.82, 2.24) is 14.5 Å². The maximum absolute atomic E-state index is 6.01. The first kappa shape index (κ1) is 12.2. The molecule has 4 heteroatoms. The van der Waals surface area contributed by atoms with E-state index in [1.54, 1.807) is 0 Å². The standard InChI is InChI=1S/C14H24N4/c1-17(9-11-3-2-4-11)13(7-15)14-8-16-10-18(14)12-5-6-12/h8,10-13H,2-7,9,15H2,1H3. The van der Waals surface area contributed by atoms with Crippen molar-refractivity contribution in [3.05, 3.63) is 18.2 Å². The van der Waals surface area contributed by atoms with E-state index < -0.39 is 0 Å². The number of hydrogen-bond donors (Lipinski definition) is 1. The predicted molar refractivity (Wildman–Crippen MR) is 72.3 cm³/mol. The van der Waals surface area contributed by atoms with E-state index >= 15 is 0 Å². The van der Waals surface area contributed by atoms with E-state index in [0.29, 0.717) is 18.6 Å². The van der Waals surface area contributed by atoms with E-state index in [0.717, 1.165) is 5.92 Å². The molecule has 1 aromatic rings. The molecule has 0 bridgehead atoms. The van der Waals surface area contributed by atoms with Gasteiger partial charge in [-0.1, -0.05) is 6.42 Å². The first-order valence-corrected chi connectivity index (χ1v) is 7.21. The summed E-state index contributed by atoms with van der Waals surface area (Å²) in [5.74, 6) is 0.890. The Kier molecular flexibility index (Phi) is 3.39. The molecule has 1 atom stereocenters. The molecule has 0 amide bonds. The third kappa shape index (κ3) is 2.31. The Balaban J connectivity index is 1.71. The van der Waals surface area contributed by atoms with Gasteiger partial charge < -0.3 is 10.3 Å². The lowest BCUT2D eigenvalue weighted by Gasteiger charge is -2.34. The van der Waals surface area contributed by atoms with Gasteiger partial charge in [-0.3, -0.25) is 4.90 Å². The van der Waals surface area contributed by atoms with Crippen molar-refractivity contribution in [1.29, 1.82) is 0 Å². The normalized spacial score (nSPS) is 22.2. The molecule has 0 aromatic carbocycles. The second-order valence-electron chi connectivity index (χ2n) is 5.94. The van der Waals surface area contributed by atoms with E-state index in [4.69, 9.17) is 5.73 Å². The Bertz CT molecular complexity index is 392. The van der Waals surface area contributed by atoms with Crippen LogP contribution in [0.5, 0.6) is 0 Å². The fraction of sp³-hybridized carbons (Fsp3) is 0.786. The van der Waals surface area contributed by atoms with Gasteiger partial charge in [0.05, 0.1) is 18.1 Å². The molecule has 1 unspecified atom stereocenters. The minimum atomic E-state index is 0.327. The minimum Gasteiger partial charge on any atom is -0.330 e. The van der Waals surface area contributed by atoms with Gasteiger partial charge in [0.25, 0.3) is 0 Å². The van der Waals surface area contributed by atoms with E-state index in [-0.39, 0.29) is 0 Å². The van der Waals surface area contributed by atoms with Crippen molar-refractivity contribution >= 4 is 0 Å². The summed E-state index contributed by atoms with van der Waals surface area (Å²) in [7, 11) is 2.21. The van der Waals surface area contributed by atoms with Gasteiger partial charge in [0.15, 0.2) is 0 Å². The van der Waals surface area contributed by atoms with Crippen molar-refractivity contribution in [2.45, 2.75) is 44.2 Å². The molecule has 18 heavy (non-hydrogen) atoms. The summed E-state index contributed by atoms with van der Waals surface area (Å²) < 4.78 is 2.34. The molecule has 0 saturated heterocycles. The summed E-state index contributed by atoms with van der Waals surface area (Å²) >= 11 is 0. The van der Waals surface area contributed by atoms with E-state index in [1.165, 1.54) is 44.3 Å². The van der Waals surface area contributed by atoms with Crippen LogP contribution in [0.15, 0.2) is 12.5 Å². The summed E-state index contributed by atoms with van der Waals surface area (Å²) in [6, 6.07) is 1.02. The van der Waals surface area contributed by atoms with Crippen molar-refractivity contribution in [2.24, 2.45) is 11.7 Å². The molecule has 0 spiro atoms. The molecule has 1 aromatic heterocycles. The molecule has 100 valence electrons. The lowest BCUT2D eigenvalue weighted by Crippen LogP contribution is -2.37. The van der Waals surface area contributed by atoms with E-state index in [1.807, 2.05) is 12.5 Å². The summed E-state index contributed by atoms with van der Waals surface area (Å²) in [5.41, 5.74) is 7.31. The molecular weight excluding hydrogens is 224 g/mol. The summed E-state index contributed by atoms with van der Waals surface area (Å²) in [6.07, 6.45) is 10.8. The Hall–Kier alpha value is -0.870. The van der Waals surface area contributed by atoms with Crippen molar-refractivity contribution in [2.75, 3.05) is 20.1 Å². The van der Waals surface area contributed by atoms with Gasteiger partial charge in [-0.2, -0.15) is 0 Å².